The van der Waals surface area contributed by atoms with E-state index in [0.29, 0.717) is 6.32 Å². The zero-order chi connectivity index (χ0) is 11.1. The lowest BCUT2D eigenvalue weighted by Gasteiger charge is -2.32. The van der Waals surface area contributed by atoms with Gasteiger partial charge in [-0.05, 0) is 33.8 Å². The largest absolute Gasteiger partial charge is 0.464 e. The average Bonchev–Trinajstić information content (AvgIpc) is 2.59. The van der Waals surface area contributed by atoms with Crippen LogP contribution in [0.4, 0.5) is 0 Å². The van der Waals surface area contributed by atoms with Gasteiger partial charge in [0.25, 0.3) is 0 Å². The fourth-order valence-corrected chi connectivity index (χ4v) is 1.63. The monoisotopic (exact) mass is 208 g/mol. The molecule has 1 N–H and O–H groups in total. The molecule has 5 heteroatoms. The third kappa shape index (κ3) is 1.94. The van der Waals surface area contributed by atoms with Crippen LogP contribution < -0.4 is 0 Å². The Balaban J connectivity index is 2.04. The van der Waals surface area contributed by atoms with E-state index in [1.807, 2.05) is 6.07 Å². The number of hydrogen-bond donors (Lipinski definition) is 1. The summed E-state index contributed by atoms with van der Waals surface area (Å²) in [5.41, 5.74) is 0.531. The van der Waals surface area contributed by atoms with E-state index in [9.17, 15) is 0 Å². The van der Waals surface area contributed by atoms with Crippen LogP contribution in [0.1, 0.15) is 33.4 Å². The van der Waals surface area contributed by atoms with E-state index in [-0.39, 0.29) is 18.3 Å². The van der Waals surface area contributed by atoms with Gasteiger partial charge >= 0.3 is 7.12 Å². The van der Waals surface area contributed by atoms with Crippen LogP contribution in [-0.4, -0.2) is 28.5 Å². The van der Waals surface area contributed by atoms with Gasteiger partial charge in [0, 0.05) is 18.2 Å². The second kappa shape index (κ2) is 3.35. The van der Waals surface area contributed by atoms with E-state index in [4.69, 9.17) is 9.31 Å². The summed E-state index contributed by atoms with van der Waals surface area (Å²) in [6.07, 6.45) is 2.45. The SMILES string of the molecule is CC1(C)OB(Cc2ccn[nH]2)OC1(C)C. The Morgan fingerprint density at radius 2 is 1.87 bits per heavy atom. The molecule has 2 rings (SSSR count). The molecular weight excluding hydrogens is 191 g/mol. The van der Waals surface area contributed by atoms with E-state index in [2.05, 4.69) is 37.9 Å². The first-order chi connectivity index (χ1) is 6.91. The van der Waals surface area contributed by atoms with Crippen LogP contribution in [0.3, 0.4) is 0 Å². The molecule has 82 valence electrons. The van der Waals surface area contributed by atoms with Crippen molar-refractivity contribution >= 4 is 7.12 Å². The van der Waals surface area contributed by atoms with Crippen molar-refractivity contribution in [3.63, 3.8) is 0 Å². The molecule has 2 heterocycles. The van der Waals surface area contributed by atoms with Crippen molar-refractivity contribution in [3.8, 4) is 0 Å². The first kappa shape index (κ1) is 10.7. The quantitative estimate of drug-likeness (QED) is 0.750. The van der Waals surface area contributed by atoms with Gasteiger partial charge in [-0.2, -0.15) is 5.10 Å². The van der Waals surface area contributed by atoms with Crippen LogP contribution in [0.15, 0.2) is 12.3 Å². The smallest absolute Gasteiger partial charge is 0.403 e. The Labute approximate surface area is 90.5 Å². The van der Waals surface area contributed by atoms with E-state index in [1.165, 1.54) is 0 Å². The van der Waals surface area contributed by atoms with E-state index >= 15 is 0 Å². The number of hydrogen-bond acceptors (Lipinski definition) is 3. The normalized spacial score (nSPS) is 23.3. The van der Waals surface area contributed by atoms with Gasteiger partial charge in [0.2, 0.25) is 0 Å². The second-order valence-electron chi connectivity index (χ2n) is 4.97. The molecule has 1 aliphatic rings. The summed E-state index contributed by atoms with van der Waals surface area (Å²) < 4.78 is 11.7. The predicted octanol–water partition coefficient (Wildman–Crippen LogP) is 1.58. The van der Waals surface area contributed by atoms with Gasteiger partial charge in [-0.25, -0.2) is 0 Å². The summed E-state index contributed by atoms with van der Waals surface area (Å²) in [5, 5.41) is 6.81. The minimum absolute atomic E-state index is 0.185. The van der Waals surface area contributed by atoms with Gasteiger partial charge in [0.15, 0.2) is 0 Å². The summed E-state index contributed by atoms with van der Waals surface area (Å²) in [4.78, 5) is 0. The fourth-order valence-electron chi connectivity index (χ4n) is 1.63. The van der Waals surface area contributed by atoms with Crippen molar-refractivity contribution in [3.05, 3.63) is 18.0 Å². The van der Waals surface area contributed by atoms with Crippen molar-refractivity contribution in [2.45, 2.75) is 45.2 Å². The molecule has 0 bridgehead atoms. The van der Waals surface area contributed by atoms with Crippen molar-refractivity contribution < 1.29 is 9.31 Å². The highest BCUT2D eigenvalue weighted by molar-refractivity contribution is 6.44. The Morgan fingerprint density at radius 3 is 2.33 bits per heavy atom. The highest BCUT2D eigenvalue weighted by Crippen LogP contribution is 2.37. The Bertz CT molecular complexity index is 319. The number of nitrogens with one attached hydrogen (secondary N) is 1. The molecule has 1 aromatic rings. The summed E-state index contributed by atoms with van der Waals surface area (Å²) in [6.45, 7) is 8.22. The average molecular weight is 208 g/mol. The molecule has 0 spiro atoms. The van der Waals surface area contributed by atoms with E-state index in [1.54, 1.807) is 6.20 Å². The predicted molar refractivity (Wildman–Crippen MR) is 58.4 cm³/mol. The third-order valence-electron chi connectivity index (χ3n) is 3.25. The Hall–Kier alpha value is -0.805. The number of aromatic nitrogens is 2. The zero-order valence-electron chi connectivity index (χ0n) is 9.70. The van der Waals surface area contributed by atoms with Crippen molar-refractivity contribution in [2.75, 3.05) is 0 Å². The van der Waals surface area contributed by atoms with Crippen LogP contribution in [0.2, 0.25) is 0 Å². The molecule has 1 aromatic heterocycles. The fraction of sp³-hybridized carbons (Fsp3) is 0.700. The number of rotatable bonds is 2. The van der Waals surface area contributed by atoms with Gasteiger partial charge in [0.1, 0.15) is 0 Å². The standard InChI is InChI=1S/C10H17BN2O2/c1-9(2)10(3,4)15-11(14-9)7-8-5-6-12-13-8/h5-6H,7H2,1-4H3,(H,12,13). The summed E-state index contributed by atoms with van der Waals surface area (Å²) in [7, 11) is -0.185. The maximum absolute atomic E-state index is 5.87. The lowest BCUT2D eigenvalue weighted by molar-refractivity contribution is 0.00578. The maximum Gasteiger partial charge on any atom is 0.464 e. The highest BCUT2D eigenvalue weighted by atomic mass is 16.7. The topological polar surface area (TPSA) is 47.1 Å². The minimum atomic E-state index is -0.252. The van der Waals surface area contributed by atoms with Crippen LogP contribution in [0, 0.1) is 0 Å². The van der Waals surface area contributed by atoms with Gasteiger partial charge in [0.05, 0.1) is 11.2 Å². The van der Waals surface area contributed by atoms with E-state index < -0.39 is 0 Å². The van der Waals surface area contributed by atoms with E-state index in [0.717, 1.165) is 5.69 Å². The summed E-state index contributed by atoms with van der Waals surface area (Å²) >= 11 is 0. The molecule has 0 atom stereocenters. The molecule has 0 unspecified atom stereocenters. The molecule has 15 heavy (non-hydrogen) atoms. The first-order valence-electron chi connectivity index (χ1n) is 5.25. The Morgan fingerprint density at radius 1 is 1.27 bits per heavy atom. The van der Waals surface area contributed by atoms with Crippen LogP contribution >= 0.6 is 0 Å². The van der Waals surface area contributed by atoms with Gasteiger partial charge in [-0.15, -0.1) is 0 Å². The molecular formula is C10H17BN2O2. The summed E-state index contributed by atoms with van der Waals surface area (Å²) in [6, 6.07) is 1.94. The molecule has 0 radical (unpaired) electrons. The first-order valence-corrected chi connectivity index (χ1v) is 5.25. The molecule has 1 aliphatic heterocycles. The van der Waals surface area contributed by atoms with Gasteiger partial charge in [-0.1, -0.05) is 0 Å². The number of H-pyrrole nitrogens is 1. The van der Waals surface area contributed by atoms with Gasteiger partial charge in [-0.3, -0.25) is 5.10 Å². The number of aromatic amines is 1. The number of nitrogens with zero attached hydrogens (tertiary/aromatic N) is 1. The third-order valence-corrected chi connectivity index (χ3v) is 3.25. The summed E-state index contributed by atoms with van der Waals surface area (Å²) in [5.74, 6) is 0. The second-order valence-corrected chi connectivity index (χ2v) is 4.97. The molecule has 0 aliphatic carbocycles. The molecule has 4 nitrogen and oxygen atoms in total. The lowest BCUT2D eigenvalue weighted by atomic mass is 9.83. The maximum atomic E-state index is 5.87. The van der Waals surface area contributed by atoms with Crippen LogP contribution in [0.5, 0.6) is 0 Å². The zero-order valence-corrected chi connectivity index (χ0v) is 9.70. The molecule has 0 amide bonds. The molecule has 0 saturated carbocycles. The van der Waals surface area contributed by atoms with Crippen LogP contribution in [-0.2, 0) is 15.6 Å². The highest BCUT2D eigenvalue weighted by Gasteiger charge is 2.50. The molecule has 0 aromatic carbocycles. The molecule has 1 saturated heterocycles. The van der Waals surface area contributed by atoms with Gasteiger partial charge < -0.3 is 9.31 Å². The minimum Gasteiger partial charge on any atom is -0.403 e. The Kier molecular flexibility index (Phi) is 2.39. The van der Waals surface area contributed by atoms with Crippen LogP contribution in [0.25, 0.3) is 0 Å². The van der Waals surface area contributed by atoms with Crippen molar-refractivity contribution in [2.24, 2.45) is 0 Å². The molecule has 1 fully saturated rings. The lowest BCUT2D eigenvalue weighted by Crippen LogP contribution is -2.41. The van der Waals surface area contributed by atoms with Crippen molar-refractivity contribution in [1.29, 1.82) is 0 Å². The van der Waals surface area contributed by atoms with Crippen molar-refractivity contribution in [1.82, 2.24) is 10.2 Å².